The van der Waals surface area contributed by atoms with E-state index in [1.165, 1.54) is 11.3 Å². The topological polar surface area (TPSA) is 66.0 Å². The third-order valence-corrected chi connectivity index (χ3v) is 5.89. The largest absolute Gasteiger partial charge is 0.358 e. The van der Waals surface area contributed by atoms with E-state index in [1.807, 2.05) is 49.5 Å². The van der Waals surface area contributed by atoms with Crippen LogP contribution in [0.25, 0.3) is 10.9 Å². The van der Waals surface area contributed by atoms with Gasteiger partial charge in [0.05, 0.1) is 0 Å². The number of benzene rings is 2. The smallest absolute Gasteiger partial charge is 0.255 e. The molecule has 1 amide bonds. The molecule has 2 aromatic carbocycles. The number of amides is 1. The summed E-state index contributed by atoms with van der Waals surface area (Å²) in [5.74, 6) is 0.880. The number of hydrogen-bond acceptors (Lipinski definition) is 3. The molecule has 0 fully saturated rings. The van der Waals surface area contributed by atoms with Crippen molar-refractivity contribution >= 4 is 22.5 Å². The van der Waals surface area contributed by atoms with Gasteiger partial charge in [-0.15, -0.1) is 0 Å². The second-order valence-electron chi connectivity index (χ2n) is 8.09. The number of fused-ring (bicyclic) bond motifs is 3. The summed E-state index contributed by atoms with van der Waals surface area (Å²) in [5.41, 5.74) is 6.30. The Hall–Kier alpha value is -3.38. The van der Waals surface area contributed by atoms with Crippen molar-refractivity contribution in [1.29, 1.82) is 0 Å². The van der Waals surface area contributed by atoms with E-state index in [-0.39, 0.29) is 5.91 Å². The first-order chi connectivity index (χ1) is 14.6. The van der Waals surface area contributed by atoms with Crippen molar-refractivity contribution < 1.29 is 4.79 Å². The Bertz CT molecular complexity index is 1240. The standard InChI is InChI=1S/C24H25N5O/c1-16-25-9-11-29(16)14-17-4-3-5-19(12-17)26-24(30)18-6-7-22-20(13-18)21-15-28(2)10-8-23(21)27-22/h3-7,9,11-13,27H,8,10,14-15H2,1-2H3,(H,26,30). The maximum atomic E-state index is 12.9. The lowest BCUT2D eigenvalue weighted by Gasteiger charge is -2.22. The van der Waals surface area contributed by atoms with Crippen molar-refractivity contribution in [3.63, 3.8) is 0 Å². The monoisotopic (exact) mass is 399 g/mol. The first-order valence-electron chi connectivity index (χ1n) is 10.3. The Morgan fingerprint density at radius 2 is 2.13 bits per heavy atom. The number of carbonyl (C=O) groups excluding carboxylic acids is 1. The van der Waals surface area contributed by atoms with E-state index in [4.69, 9.17) is 0 Å². The second-order valence-corrected chi connectivity index (χ2v) is 8.09. The van der Waals surface area contributed by atoms with Gasteiger partial charge in [-0.1, -0.05) is 12.1 Å². The fraction of sp³-hybridized carbons (Fsp3) is 0.250. The number of imidazole rings is 1. The van der Waals surface area contributed by atoms with Crippen LogP contribution < -0.4 is 5.32 Å². The number of aromatic amines is 1. The molecule has 152 valence electrons. The summed E-state index contributed by atoms with van der Waals surface area (Å²) in [6.07, 6.45) is 4.78. The third-order valence-electron chi connectivity index (χ3n) is 5.89. The number of likely N-dealkylation sites (N-methyl/N-ethyl adjacent to an activating group) is 1. The molecule has 1 aliphatic heterocycles. The molecule has 0 bridgehead atoms. The van der Waals surface area contributed by atoms with Gasteiger partial charge in [0.2, 0.25) is 0 Å². The molecule has 3 heterocycles. The van der Waals surface area contributed by atoms with Gasteiger partial charge in [-0.2, -0.15) is 0 Å². The summed E-state index contributed by atoms with van der Waals surface area (Å²) >= 11 is 0. The van der Waals surface area contributed by atoms with E-state index in [2.05, 4.69) is 37.9 Å². The number of aryl methyl sites for hydroxylation is 1. The molecular formula is C24H25N5O. The first kappa shape index (κ1) is 18.6. The van der Waals surface area contributed by atoms with Crippen molar-refractivity contribution in [2.75, 3.05) is 18.9 Å². The fourth-order valence-corrected chi connectivity index (χ4v) is 4.21. The van der Waals surface area contributed by atoms with Crippen molar-refractivity contribution in [1.82, 2.24) is 19.4 Å². The zero-order valence-electron chi connectivity index (χ0n) is 17.3. The average Bonchev–Trinajstić information content (AvgIpc) is 3.30. The minimum Gasteiger partial charge on any atom is -0.358 e. The maximum absolute atomic E-state index is 12.9. The van der Waals surface area contributed by atoms with Gasteiger partial charge in [0.15, 0.2) is 0 Å². The van der Waals surface area contributed by atoms with Crippen LogP contribution in [0.15, 0.2) is 54.9 Å². The molecule has 6 heteroatoms. The van der Waals surface area contributed by atoms with E-state index in [9.17, 15) is 4.79 Å². The van der Waals surface area contributed by atoms with E-state index in [0.717, 1.165) is 54.0 Å². The number of rotatable bonds is 4. The predicted molar refractivity (Wildman–Crippen MR) is 119 cm³/mol. The molecular weight excluding hydrogens is 374 g/mol. The van der Waals surface area contributed by atoms with Crippen molar-refractivity contribution in [3.8, 4) is 0 Å². The Balaban J connectivity index is 1.38. The molecule has 0 radical (unpaired) electrons. The van der Waals surface area contributed by atoms with Gasteiger partial charge in [0.25, 0.3) is 5.91 Å². The van der Waals surface area contributed by atoms with Crippen molar-refractivity contribution in [2.45, 2.75) is 26.4 Å². The number of aromatic nitrogens is 3. The molecule has 2 aromatic heterocycles. The number of anilines is 1. The molecule has 5 rings (SSSR count). The molecule has 0 saturated heterocycles. The van der Waals surface area contributed by atoms with Gasteiger partial charge in [-0.25, -0.2) is 4.98 Å². The second kappa shape index (κ2) is 7.46. The number of nitrogens with one attached hydrogen (secondary N) is 2. The van der Waals surface area contributed by atoms with Crippen LogP contribution in [0.1, 0.15) is 33.0 Å². The highest BCUT2D eigenvalue weighted by Crippen LogP contribution is 2.28. The van der Waals surface area contributed by atoms with E-state index >= 15 is 0 Å². The van der Waals surface area contributed by atoms with Crippen LogP contribution in [0.2, 0.25) is 0 Å². The number of nitrogens with zero attached hydrogens (tertiary/aromatic N) is 3. The van der Waals surface area contributed by atoms with Crippen LogP contribution in [0.4, 0.5) is 5.69 Å². The van der Waals surface area contributed by atoms with Crippen LogP contribution in [0, 0.1) is 6.92 Å². The van der Waals surface area contributed by atoms with Gasteiger partial charge >= 0.3 is 0 Å². The minimum atomic E-state index is -0.0908. The van der Waals surface area contributed by atoms with Gasteiger partial charge in [0.1, 0.15) is 5.82 Å². The Morgan fingerprint density at radius 3 is 2.97 bits per heavy atom. The van der Waals surface area contributed by atoms with Crippen LogP contribution in [0.5, 0.6) is 0 Å². The fourth-order valence-electron chi connectivity index (χ4n) is 4.21. The van der Waals surface area contributed by atoms with E-state index in [0.29, 0.717) is 5.56 Å². The molecule has 4 aromatic rings. The molecule has 0 aliphatic carbocycles. The molecule has 0 atom stereocenters. The van der Waals surface area contributed by atoms with Gasteiger partial charge < -0.3 is 19.8 Å². The van der Waals surface area contributed by atoms with Gasteiger partial charge in [0, 0.05) is 66.3 Å². The third kappa shape index (κ3) is 3.50. The summed E-state index contributed by atoms with van der Waals surface area (Å²) in [4.78, 5) is 23.0. The van der Waals surface area contributed by atoms with Crippen LogP contribution in [-0.4, -0.2) is 38.9 Å². The summed E-state index contributed by atoms with van der Waals surface area (Å²) < 4.78 is 2.08. The Kier molecular flexibility index (Phi) is 4.64. The quantitative estimate of drug-likeness (QED) is 0.546. The maximum Gasteiger partial charge on any atom is 0.255 e. The minimum absolute atomic E-state index is 0.0908. The van der Waals surface area contributed by atoms with Crippen LogP contribution >= 0.6 is 0 Å². The molecule has 2 N–H and O–H groups in total. The molecule has 6 nitrogen and oxygen atoms in total. The highest BCUT2D eigenvalue weighted by atomic mass is 16.1. The zero-order valence-corrected chi connectivity index (χ0v) is 17.3. The van der Waals surface area contributed by atoms with Gasteiger partial charge in [-0.05, 0) is 55.4 Å². The highest BCUT2D eigenvalue weighted by Gasteiger charge is 2.19. The highest BCUT2D eigenvalue weighted by molar-refractivity contribution is 6.06. The lowest BCUT2D eigenvalue weighted by atomic mass is 10.0. The number of hydrogen-bond donors (Lipinski definition) is 2. The number of carbonyl (C=O) groups is 1. The molecule has 1 aliphatic rings. The van der Waals surface area contributed by atoms with Crippen LogP contribution in [-0.2, 0) is 19.5 Å². The molecule has 0 unspecified atom stereocenters. The molecule has 0 saturated carbocycles. The predicted octanol–water partition coefficient (Wildman–Crippen LogP) is 3.96. The molecule has 0 spiro atoms. The summed E-state index contributed by atoms with van der Waals surface area (Å²) in [6, 6.07) is 13.9. The first-order valence-corrected chi connectivity index (χ1v) is 10.3. The molecule has 30 heavy (non-hydrogen) atoms. The Morgan fingerprint density at radius 1 is 1.23 bits per heavy atom. The lowest BCUT2D eigenvalue weighted by Crippen LogP contribution is -2.26. The van der Waals surface area contributed by atoms with Crippen molar-refractivity contribution in [3.05, 3.63) is 83.1 Å². The summed E-state index contributed by atoms with van der Waals surface area (Å²) in [7, 11) is 2.14. The Labute approximate surface area is 175 Å². The zero-order chi connectivity index (χ0) is 20.7. The lowest BCUT2D eigenvalue weighted by molar-refractivity contribution is 0.102. The average molecular weight is 399 g/mol. The summed E-state index contributed by atoms with van der Waals surface area (Å²) in [5, 5.41) is 4.20. The normalized spacial score (nSPS) is 14.1. The van der Waals surface area contributed by atoms with Gasteiger partial charge in [-0.3, -0.25) is 4.79 Å². The van der Waals surface area contributed by atoms with E-state index in [1.54, 1.807) is 6.20 Å². The van der Waals surface area contributed by atoms with Crippen molar-refractivity contribution in [2.24, 2.45) is 0 Å². The number of H-pyrrole nitrogens is 1. The van der Waals surface area contributed by atoms with Crippen LogP contribution in [0.3, 0.4) is 0 Å². The SMILES string of the molecule is Cc1nccn1Cc1cccc(NC(=O)c2ccc3[nH]c4c(c3c2)CN(C)CC4)c1. The van der Waals surface area contributed by atoms with E-state index < -0.39 is 0 Å². The summed E-state index contributed by atoms with van der Waals surface area (Å²) in [6.45, 7) is 4.68.